The minimum atomic E-state index is -0.598. The summed E-state index contributed by atoms with van der Waals surface area (Å²) in [7, 11) is 1.50. The molecule has 0 spiro atoms. The van der Waals surface area contributed by atoms with Gasteiger partial charge in [-0.05, 0) is 29.8 Å². The van der Waals surface area contributed by atoms with E-state index in [-0.39, 0.29) is 22.5 Å². The third kappa shape index (κ3) is 2.04. The summed E-state index contributed by atoms with van der Waals surface area (Å²) in [5.74, 6) is -0.976. The zero-order valence-corrected chi connectivity index (χ0v) is 9.08. The molecule has 0 aliphatic rings. The van der Waals surface area contributed by atoms with Crippen LogP contribution in [0.2, 0.25) is 0 Å². The van der Waals surface area contributed by atoms with Gasteiger partial charge in [0.1, 0.15) is 17.5 Å². The van der Waals surface area contributed by atoms with Crippen molar-refractivity contribution in [3.63, 3.8) is 0 Å². The lowest BCUT2D eigenvalue weighted by Crippen LogP contribution is -2.18. The molecule has 2 rings (SSSR count). The third-order valence-electron chi connectivity index (χ3n) is 2.54. The van der Waals surface area contributed by atoms with Crippen LogP contribution >= 0.6 is 0 Å². The normalized spacial score (nSPS) is 10.5. The van der Waals surface area contributed by atoms with Gasteiger partial charge in [-0.25, -0.2) is 8.78 Å². The number of benzene rings is 1. The van der Waals surface area contributed by atoms with Crippen LogP contribution in [-0.2, 0) is 7.05 Å². The molecule has 0 saturated carbocycles. The Labute approximate surface area is 96.1 Å². The molecule has 0 amide bonds. The molecule has 2 aromatic rings. The Morgan fingerprint density at radius 2 is 1.88 bits per heavy atom. The first kappa shape index (κ1) is 11.3. The van der Waals surface area contributed by atoms with Crippen LogP contribution < -0.4 is 11.3 Å². The first-order valence-corrected chi connectivity index (χ1v) is 4.91. The standard InChI is InChI=1S/C12H10F2N2O/c1-16-11(15)4-7(5-12(16)17)9-6-8(13)2-3-10(9)14/h2-6H,15H2,1H3. The monoisotopic (exact) mass is 236 g/mol. The van der Waals surface area contributed by atoms with Gasteiger partial charge in [-0.1, -0.05) is 0 Å². The number of hydrogen-bond acceptors (Lipinski definition) is 2. The highest BCUT2D eigenvalue weighted by Crippen LogP contribution is 2.23. The maximum atomic E-state index is 13.5. The lowest BCUT2D eigenvalue weighted by atomic mass is 10.1. The second kappa shape index (κ2) is 4.01. The van der Waals surface area contributed by atoms with Gasteiger partial charge in [-0.15, -0.1) is 0 Å². The highest BCUT2D eigenvalue weighted by Gasteiger charge is 2.09. The number of anilines is 1. The van der Waals surface area contributed by atoms with Crippen molar-refractivity contribution in [2.24, 2.45) is 7.05 Å². The Kier molecular flexibility index (Phi) is 2.67. The highest BCUT2D eigenvalue weighted by molar-refractivity contribution is 5.66. The van der Waals surface area contributed by atoms with Crippen molar-refractivity contribution in [1.29, 1.82) is 0 Å². The molecule has 0 fully saturated rings. The maximum absolute atomic E-state index is 13.5. The minimum Gasteiger partial charge on any atom is -0.385 e. The first-order chi connectivity index (χ1) is 7.99. The van der Waals surface area contributed by atoms with E-state index in [2.05, 4.69) is 0 Å². The number of nitrogens with zero attached hydrogens (tertiary/aromatic N) is 1. The predicted molar refractivity (Wildman–Crippen MR) is 61.4 cm³/mol. The fraction of sp³-hybridized carbons (Fsp3) is 0.0833. The van der Waals surface area contributed by atoms with E-state index >= 15 is 0 Å². The summed E-state index contributed by atoms with van der Waals surface area (Å²) in [6.45, 7) is 0. The molecule has 0 atom stereocenters. The van der Waals surface area contributed by atoms with Crippen LogP contribution in [-0.4, -0.2) is 4.57 Å². The fourth-order valence-corrected chi connectivity index (χ4v) is 1.53. The summed E-state index contributed by atoms with van der Waals surface area (Å²) in [5, 5.41) is 0. The molecule has 1 aromatic heterocycles. The number of pyridine rings is 1. The number of rotatable bonds is 1. The topological polar surface area (TPSA) is 48.0 Å². The Morgan fingerprint density at radius 3 is 2.53 bits per heavy atom. The van der Waals surface area contributed by atoms with Crippen molar-refractivity contribution in [3.05, 3.63) is 52.3 Å². The number of nitrogens with two attached hydrogens (primary N) is 1. The SMILES string of the molecule is Cn1c(N)cc(-c2cc(F)ccc2F)cc1=O. The van der Waals surface area contributed by atoms with E-state index in [0.29, 0.717) is 0 Å². The van der Waals surface area contributed by atoms with E-state index in [1.807, 2.05) is 0 Å². The molecular formula is C12H10F2N2O. The maximum Gasteiger partial charge on any atom is 0.252 e. The Bertz CT molecular complexity index is 635. The minimum absolute atomic E-state index is 0.0226. The van der Waals surface area contributed by atoms with Gasteiger partial charge in [0.25, 0.3) is 5.56 Å². The Morgan fingerprint density at radius 1 is 1.18 bits per heavy atom. The fourth-order valence-electron chi connectivity index (χ4n) is 1.53. The zero-order valence-electron chi connectivity index (χ0n) is 9.08. The van der Waals surface area contributed by atoms with Crippen LogP contribution in [0.4, 0.5) is 14.6 Å². The predicted octanol–water partition coefficient (Wildman–Crippen LogP) is 1.91. The van der Waals surface area contributed by atoms with Crippen molar-refractivity contribution in [2.45, 2.75) is 0 Å². The molecule has 17 heavy (non-hydrogen) atoms. The molecule has 0 unspecified atom stereocenters. The van der Waals surface area contributed by atoms with Crippen molar-refractivity contribution in [2.75, 3.05) is 5.73 Å². The van der Waals surface area contributed by atoms with Crippen LogP contribution in [0.3, 0.4) is 0 Å². The molecule has 0 aliphatic carbocycles. The summed E-state index contributed by atoms with van der Waals surface area (Å²) in [6.07, 6.45) is 0. The third-order valence-corrected chi connectivity index (χ3v) is 2.54. The molecule has 3 nitrogen and oxygen atoms in total. The van der Waals surface area contributed by atoms with E-state index in [0.717, 1.165) is 18.2 Å². The Hall–Kier alpha value is -2.17. The highest BCUT2D eigenvalue weighted by atomic mass is 19.1. The van der Waals surface area contributed by atoms with Crippen LogP contribution in [0.25, 0.3) is 11.1 Å². The quantitative estimate of drug-likeness (QED) is 0.822. The van der Waals surface area contributed by atoms with Gasteiger partial charge < -0.3 is 5.73 Å². The van der Waals surface area contributed by atoms with E-state index in [1.165, 1.54) is 23.7 Å². The van der Waals surface area contributed by atoms with Crippen LogP contribution in [0.1, 0.15) is 0 Å². The van der Waals surface area contributed by atoms with Crippen molar-refractivity contribution in [3.8, 4) is 11.1 Å². The molecule has 1 heterocycles. The largest absolute Gasteiger partial charge is 0.385 e. The summed E-state index contributed by atoms with van der Waals surface area (Å²) in [5.41, 5.74) is 5.51. The van der Waals surface area contributed by atoms with E-state index in [1.54, 1.807) is 0 Å². The van der Waals surface area contributed by atoms with Gasteiger partial charge in [0.05, 0.1) is 0 Å². The molecular weight excluding hydrogens is 226 g/mol. The molecule has 2 N–H and O–H groups in total. The summed E-state index contributed by atoms with van der Waals surface area (Å²) in [4.78, 5) is 11.5. The molecule has 5 heteroatoms. The van der Waals surface area contributed by atoms with Crippen molar-refractivity contribution >= 4 is 5.82 Å². The van der Waals surface area contributed by atoms with Gasteiger partial charge in [0.2, 0.25) is 0 Å². The summed E-state index contributed by atoms with van der Waals surface area (Å²) in [6, 6.07) is 5.71. The second-order valence-electron chi connectivity index (χ2n) is 3.69. The summed E-state index contributed by atoms with van der Waals surface area (Å²) < 4.78 is 27.8. The second-order valence-corrected chi connectivity index (χ2v) is 3.69. The van der Waals surface area contributed by atoms with Gasteiger partial charge in [-0.3, -0.25) is 9.36 Å². The van der Waals surface area contributed by atoms with E-state index in [4.69, 9.17) is 5.73 Å². The number of aromatic nitrogens is 1. The number of nitrogen functional groups attached to an aromatic ring is 1. The first-order valence-electron chi connectivity index (χ1n) is 4.91. The average Bonchev–Trinajstić information content (AvgIpc) is 2.28. The Balaban J connectivity index is 2.69. The van der Waals surface area contributed by atoms with E-state index in [9.17, 15) is 13.6 Å². The van der Waals surface area contributed by atoms with Crippen molar-refractivity contribution in [1.82, 2.24) is 4.57 Å². The van der Waals surface area contributed by atoms with Crippen LogP contribution in [0.5, 0.6) is 0 Å². The summed E-state index contributed by atoms with van der Waals surface area (Å²) >= 11 is 0. The average molecular weight is 236 g/mol. The lowest BCUT2D eigenvalue weighted by Gasteiger charge is -2.07. The van der Waals surface area contributed by atoms with Crippen LogP contribution in [0, 0.1) is 11.6 Å². The molecule has 1 aromatic carbocycles. The van der Waals surface area contributed by atoms with Gasteiger partial charge in [0, 0.05) is 18.7 Å². The number of halogens is 2. The van der Waals surface area contributed by atoms with Gasteiger partial charge in [0.15, 0.2) is 0 Å². The molecule has 0 radical (unpaired) electrons. The van der Waals surface area contributed by atoms with Gasteiger partial charge in [-0.2, -0.15) is 0 Å². The van der Waals surface area contributed by atoms with E-state index < -0.39 is 11.6 Å². The van der Waals surface area contributed by atoms with Crippen molar-refractivity contribution < 1.29 is 8.78 Å². The molecule has 0 saturated heterocycles. The molecule has 0 aliphatic heterocycles. The number of hydrogen-bond donors (Lipinski definition) is 1. The van der Waals surface area contributed by atoms with Gasteiger partial charge >= 0.3 is 0 Å². The molecule has 88 valence electrons. The lowest BCUT2D eigenvalue weighted by molar-refractivity contribution is 0.603. The zero-order chi connectivity index (χ0) is 12.6. The smallest absolute Gasteiger partial charge is 0.252 e. The molecule has 0 bridgehead atoms. The van der Waals surface area contributed by atoms with Crippen LogP contribution in [0.15, 0.2) is 35.1 Å².